The number of hydrogen-bond donors (Lipinski definition) is 3. The van der Waals surface area contributed by atoms with E-state index in [0.717, 1.165) is 53.5 Å². The third-order valence-corrected chi connectivity index (χ3v) is 11.3. The molecule has 2 aromatic heterocycles. The third-order valence-electron chi connectivity index (χ3n) is 11.3. The number of aliphatic imine (C=N–C) groups is 1. The summed E-state index contributed by atoms with van der Waals surface area (Å²) < 4.78 is 0. The Balaban J connectivity index is 0.00000794. The van der Waals surface area contributed by atoms with Gasteiger partial charge in [0, 0.05) is 35.5 Å². The number of allylic oxidation sites excluding steroid dienone is 10. The molecule has 0 saturated heterocycles. The monoisotopic (exact) mass is 853 g/mol. The van der Waals surface area contributed by atoms with Crippen LogP contribution in [0.25, 0.3) is 29.6 Å². The average molecular weight is 854 g/mol. The van der Waals surface area contributed by atoms with Gasteiger partial charge in [-0.05, 0) is 117 Å². The molecule has 0 aromatic carbocycles. The van der Waals surface area contributed by atoms with Crippen molar-refractivity contribution in [1.29, 1.82) is 0 Å². The van der Waals surface area contributed by atoms with E-state index in [0.29, 0.717) is 69.5 Å². The van der Waals surface area contributed by atoms with Crippen molar-refractivity contribution in [2.24, 2.45) is 4.99 Å². The second-order valence-electron chi connectivity index (χ2n) is 16.0. The number of carbonyl (C=O) groups excluding carboxylic acids is 1. The number of aliphatic hydroxyl groups is 1. The van der Waals surface area contributed by atoms with E-state index in [-0.39, 0.29) is 48.3 Å². The Bertz CT molecular complexity index is 2400. The predicted molar refractivity (Wildman–Crippen MR) is 236 cm³/mol. The SMILES string of the molecule is C=CC1=C(C)/C2=C/c3[n-]c(c(C)c3C(O)CC/C=C(\C)CC/C=C(\C)CCC=C(C)C)/C=C3\[N-]C(/C=c4\[n-]/c(c(C)c4CCC(=O)O)=C\C1=N2)C(CCC(=O)O)=C3C=O.[Fe]. The summed E-state index contributed by atoms with van der Waals surface area (Å²) in [5.74, 6) is -1.96. The summed E-state index contributed by atoms with van der Waals surface area (Å²) in [7, 11) is 0. The molecule has 8 bridgehead atoms. The molecular formula is C49H57FeN4O6-3. The zero-order chi connectivity index (χ0) is 43.0. The topological polar surface area (TPSA) is 167 Å². The van der Waals surface area contributed by atoms with Crippen LogP contribution in [-0.4, -0.2) is 45.3 Å². The van der Waals surface area contributed by atoms with Gasteiger partial charge in [0.25, 0.3) is 0 Å². The van der Waals surface area contributed by atoms with Crippen molar-refractivity contribution in [2.75, 3.05) is 0 Å². The summed E-state index contributed by atoms with van der Waals surface area (Å²) in [5, 5.41) is 37.1. The van der Waals surface area contributed by atoms with Gasteiger partial charge in [0.15, 0.2) is 0 Å². The van der Waals surface area contributed by atoms with E-state index in [1.165, 1.54) is 16.7 Å². The zero-order valence-corrected chi connectivity index (χ0v) is 36.9. The van der Waals surface area contributed by atoms with Gasteiger partial charge in [0.05, 0.1) is 17.5 Å². The van der Waals surface area contributed by atoms with Gasteiger partial charge >= 0.3 is 11.9 Å². The van der Waals surface area contributed by atoms with E-state index in [2.05, 4.69) is 52.5 Å². The Morgan fingerprint density at radius 2 is 1.47 bits per heavy atom. The molecule has 60 heavy (non-hydrogen) atoms. The molecule has 2 aromatic rings. The molecule has 5 heterocycles. The second-order valence-corrected chi connectivity index (χ2v) is 16.0. The number of fused-ring (bicyclic) bond motifs is 7. The fourth-order valence-electron chi connectivity index (χ4n) is 7.88. The Morgan fingerprint density at radius 1 is 0.817 bits per heavy atom. The number of carboxylic acid groups (broad SMARTS) is 2. The van der Waals surface area contributed by atoms with E-state index in [4.69, 9.17) is 20.3 Å². The van der Waals surface area contributed by atoms with E-state index in [1.807, 2.05) is 32.9 Å². The van der Waals surface area contributed by atoms with Crippen LogP contribution < -0.4 is 20.7 Å². The zero-order valence-electron chi connectivity index (χ0n) is 35.8. The molecule has 3 aliphatic rings. The summed E-state index contributed by atoms with van der Waals surface area (Å²) in [6.07, 6.45) is 20.8. The van der Waals surface area contributed by atoms with Crippen LogP contribution in [0.5, 0.6) is 0 Å². The number of carboxylic acids is 2. The van der Waals surface area contributed by atoms with Gasteiger partial charge in [-0.1, -0.05) is 94.1 Å². The standard InChI is InChI=1S/C49H59N4O6.Fe/c1-9-34-31(6)39-25-45-49(46(55)18-12-17-30(5)16-11-15-29(4)14-10-13-28(2)3)33(8)40(52-45)24-44-37(27-54)36(20-22-48(58)59)43(53-44)26-42-35(19-21-47(56)57)32(7)38(51-42)23-41(34)50-39;/h9,13,15,17,23-27,43,46,55H,1,10-12,14,16,18-22H2,2-8H3,(H4-,50,51,52,53,56,57,58,59);/q-1;/p-2/b29-15+,30-17+,42-26-;. The molecule has 2 atom stereocenters. The van der Waals surface area contributed by atoms with Gasteiger partial charge in [-0.2, -0.15) is 0 Å². The van der Waals surface area contributed by atoms with Crippen molar-refractivity contribution < 1.29 is 46.8 Å². The van der Waals surface area contributed by atoms with Crippen LogP contribution in [0.4, 0.5) is 0 Å². The van der Waals surface area contributed by atoms with Gasteiger partial charge in [-0.25, -0.2) is 4.99 Å². The van der Waals surface area contributed by atoms with E-state index in [9.17, 15) is 29.7 Å². The Kier molecular flexibility index (Phi) is 16.9. The quantitative estimate of drug-likeness (QED) is 0.0763. The van der Waals surface area contributed by atoms with Crippen molar-refractivity contribution in [1.82, 2.24) is 9.97 Å². The molecule has 2 unspecified atom stereocenters. The number of aliphatic carboxylic acids is 2. The average Bonchev–Trinajstić information content (AvgIpc) is 3.85. The van der Waals surface area contributed by atoms with Crippen LogP contribution in [0.3, 0.4) is 0 Å². The van der Waals surface area contributed by atoms with E-state index in [1.54, 1.807) is 18.2 Å². The number of rotatable bonds is 18. The smallest absolute Gasteiger partial charge is 0.303 e. The largest absolute Gasteiger partial charge is 0.675 e. The maximum Gasteiger partial charge on any atom is 0.303 e. The van der Waals surface area contributed by atoms with Gasteiger partial charge in [-0.15, -0.1) is 33.9 Å². The molecule has 0 amide bonds. The Hall–Kier alpha value is -5.22. The Labute approximate surface area is 364 Å². The fourth-order valence-corrected chi connectivity index (χ4v) is 7.88. The van der Waals surface area contributed by atoms with Gasteiger partial charge < -0.3 is 30.6 Å². The molecule has 3 aliphatic heterocycles. The van der Waals surface area contributed by atoms with Crippen LogP contribution in [0.2, 0.25) is 0 Å². The summed E-state index contributed by atoms with van der Waals surface area (Å²) in [4.78, 5) is 51.2. The van der Waals surface area contributed by atoms with Crippen LogP contribution in [0, 0.1) is 13.8 Å². The van der Waals surface area contributed by atoms with Gasteiger partial charge in [0.2, 0.25) is 0 Å². The molecule has 0 radical (unpaired) electrons. The molecule has 320 valence electrons. The summed E-state index contributed by atoms with van der Waals surface area (Å²) in [5.41, 5.74) is 12.2. The summed E-state index contributed by atoms with van der Waals surface area (Å²) in [6, 6.07) is -0.725. The van der Waals surface area contributed by atoms with E-state index >= 15 is 0 Å². The van der Waals surface area contributed by atoms with Crippen molar-refractivity contribution in [2.45, 2.75) is 125 Å². The first kappa shape index (κ1) is 47.5. The molecule has 5 rings (SSSR count). The fraction of sp³-hybridized carbons (Fsp3) is 0.388. The van der Waals surface area contributed by atoms with E-state index < -0.39 is 24.1 Å². The van der Waals surface area contributed by atoms with Crippen molar-refractivity contribution in [3.8, 4) is 0 Å². The van der Waals surface area contributed by atoms with Crippen LogP contribution in [0.1, 0.15) is 132 Å². The van der Waals surface area contributed by atoms with Crippen LogP contribution in [0.15, 0.2) is 86.3 Å². The normalized spacial score (nSPS) is 19.7. The second kappa shape index (κ2) is 21.3. The van der Waals surface area contributed by atoms with Gasteiger partial charge in [0.1, 0.15) is 6.29 Å². The number of aromatic nitrogens is 2. The van der Waals surface area contributed by atoms with Crippen LogP contribution >= 0.6 is 0 Å². The first-order valence-corrected chi connectivity index (χ1v) is 20.5. The number of hydrogen-bond acceptors (Lipinski definition) is 5. The molecule has 0 fully saturated rings. The number of aldehydes is 1. The molecule has 0 saturated carbocycles. The first-order valence-electron chi connectivity index (χ1n) is 20.5. The molecule has 0 aliphatic carbocycles. The van der Waals surface area contributed by atoms with Crippen molar-refractivity contribution in [3.05, 3.63) is 131 Å². The Morgan fingerprint density at radius 3 is 2.10 bits per heavy atom. The third kappa shape index (κ3) is 11.5. The molecule has 3 N–H and O–H groups in total. The maximum atomic E-state index is 12.8. The predicted octanol–water partition coefficient (Wildman–Crippen LogP) is 8.50. The molecular weight excluding hydrogens is 796 g/mol. The van der Waals surface area contributed by atoms with Crippen molar-refractivity contribution >= 4 is 48.2 Å². The molecule has 10 nitrogen and oxygen atoms in total. The summed E-state index contributed by atoms with van der Waals surface area (Å²) >= 11 is 0. The summed E-state index contributed by atoms with van der Waals surface area (Å²) in [6.45, 7) is 18.4. The number of nitrogens with zero attached hydrogens (tertiary/aromatic N) is 4. The minimum Gasteiger partial charge on any atom is -0.675 e. The van der Waals surface area contributed by atoms with Gasteiger partial charge in [-0.3, -0.25) is 14.4 Å². The van der Waals surface area contributed by atoms with Crippen LogP contribution in [-0.2, 0) is 37.9 Å². The number of aliphatic hydroxyl groups excluding tert-OH is 1. The minimum absolute atomic E-state index is 0. The maximum absolute atomic E-state index is 12.8. The minimum atomic E-state index is -1.01. The first-order chi connectivity index (χ1) is 28.1. The molecule has 0 spiro atoms. The van der Waals surface area contributed by atoms with Crippen molar-refractivity contribution in [3.63, 3.8) is 0 Å². The molecule has 11 heteroatoms. The number of carbonyl (C=O) groups is 3.